The lowest BCUT2D eigenvalue weighted by Crippen LogP contribution is -2.30. The van der Waals surface area contributed by atoms with Gasteiger partial charge in [0.25, 0.3) is 0 Å². The van der Waals surface area contributed by atoms with Gasteiger partial charge in [-0.2, -0.15) is 0 Å². The Balaban J connectivity index is 2.26. The summed E-state index contributed by atoms with van der Waals surface area (Å²) >= 11 is 0. The van der Waals surface area contributed by atoms with Crippen LogP contribution in [0.2, 0.25) is 0 Å². The van der Waals surface area contributed by atoms with E-state index in [1.807, 2.05) is 32.0 Å². The van der Waals surface area contributed by atoms with E-state index in [2.05, 4.69) is 20.0 Å². The Morgan fingerprint density at radius 1 is 1.33 bits per heavy atom. The average Bonchev–Trinajstić information content (AvgIpc) is 2.49. The monoisotopic (exact) mass is 289 g/mol. The van der Waals surface area contributed by atoms with Gasteiger partial charge in [0, 0.05) is 12.4 Å². The van der Waals surface area contributed by atoms with Crippen LogP contribution in [-0.2, 0) is 10.3 Å². The highest BCUT2D eigenvalue weighted by Crippen LogP contribution is 2.24. The van der Waals surface area contributed by atoms with Crippen LogP contribution in [-0.4, -0.2) is 23.0 Å². The van der Waals surface area contributed by atoms with Gasteiger partial charge in [-0.25, -0.2) is 14.2 Å². The van der Waals surface area contributed by atoms with Crippen LogP contribution in [0.1, 0.15) is 29.9 Å². The minimum atomic E-state index is -0.628. The molecular weight excluding hydrogens is 273 g/mol. The molecule has 0 radical (unpaired) electrons. The minimum Gasteiger partial charge on any atom is -0.465 e. The molecule has 0 saturated heterocycles. The summed E-state index contributed by atoms with van der Waals surface area (Å²) in [5.41, 5.74) is 0.210. The van der Waals surface area contributed by atoms with Crippen molar-refractivity contribution in [3.8, 4) is 0 Å². The molecule has 0 spiro atoms. The maximum atomic E-state index is 14.0. The molecule has 2 rings (SSSR count). The molecule has 0 aromatic carbocycles. The Kier molecular flexibility index (Phi) is 4.16. The van der Waals surface area contributed by atoms with E-state index in [1.165, 1.54) is 13.3 Å². The number of pyridine rings is 2. The highest BCUT2D eigenvalue weighted by atomic mass is 19.1. The summed E-state index contributed by atoms with van der Waals surface area (Å²) in [6, 6.07) is 6.60. The smallest absolute Gasteiger partial charge is 0.339 e. The van der Waals surface area contributed by atoms with E-state index < -0.39 is 17.3 Å². The molecule has 2 aromatic rings. The molecule has 0 bridgehead atoms. The molecule has 0 aliphatic heterocycles. The molecule has 2 heterocycles. The molecular formula is C15H16FN3O2. The number of carbonyl (C=O) groups excluding carboxylic acids is 1. The number of halogens is 1. The first-order valence-electron chi connectivity index (χ1n) is 6.37. The maximum Gasteiger partial charge on any atom is 0.339 e. The molecule has 0 aliphatic carbocycles. The Hall–Kier alpha value is -2.50. The average molecular weight is 289 g/mol. The van der Waals surface area contributed by atoms with Crippen molar-refractivity contribution in [2.75, 3.05) is 12.4 Å². The number of carbonyl (C=O) groups is 1. The van der Waals surface area contributed by atoms with Gasteiger partial charge in [-0.3, -0.25) is 4.98 Å². The van der Waals surface area contributed by atoms with Gasteiger partial charge in [0.2, 0.25) is 0 Å². The van der Waals surface area contributed by atoms with E-state index >= 15 is 0 Å². The highest BCUT2D eigenvalue weighted by Gasteiger charge is 2.24. The molecule has 5 nitrogen and oxygen atoms in total. The van der Waals surface area contributed by atoms with E-state index in [0.29, 0.717) is 0 Å². The van der Waals surface area contributed by atoms with Crippen molar-refractivity contribution in [2.45, 2.75) is 19.4 Å². The molecule has 0 aliphatic rings. The van der Waals surface area contributed by atoms with E-state index in [9.17, 15) is 9.18 Å². The van der Waals surface area contributed by atoms with Gasteiger partial charge in [0.05, 0.1) is 23.9 Å². The van der Waals surface area contributed by atoms with Crippen molar-refractivity contribution in [3.63, 3.8) is 0 Å². The molecule has 0 saturated carbocycles. The number of methoxy groups -OCH3 is 1. The second-order valence-electron chi connectivity index (χ2n) is 5.01. The standard InChI is InChI=1S/C15H16FN3O2/c1-15(2,12-6-4-5-7-17-12)19-13-11(16)8-10(9-18-13)14(20)21-3/h4-9H,1-3H3,(H,18,19). The van der Waals surface area contributed by atoms with E-state index in [1.54, 1.807) is 6.20 Å². The zero-order valence-corrected chi connectivity index (χ0v) is 12.1. The summed E-state index contributed by atoms with van der Waals surface area (Å²) in [6.45, 7) is 3.73. The van der Waals surface area contributed by atoms with Crippen LogP contribution < -0.4 is 5.32 Å². The van der Waals surface area contributed by atoms with Crippen molar-refractivity contribution < 1.29 is 13.9 Å². The Bertz CT molecular complexity index is 645. The van der Waals surface area contributed by atoms with Crippen LogP contribution in [0, 0.1) is 5.82 Å². The number of nitrogens with one attached hydrogen (secondary N) is 1. The van der Waals surface area contributed by atoms with Gasteiger partial charge in [0.1, 0.15) is 0 Å². The molecule has 6 heteroatoms. The number of nitrogens with zero attached hydrogens (tertiary/aromatic N) is 2. The van der Waals surface area contributed by atoms with Gasteiger partial charge in [-0.15, -0.1) is 0 Å². The summed E-state index contributed by atoms with van der Waals surface area (Å²) in [5, 5.41) is 2.99. The lowest BCUT2D eigenvalue weighted by atomic mass is 10.00. The Labute approximate surface area is 122 Å². The number of ether oxygens (including phenoxy) is 1. The van der Waals surface area contributed by atoms with Crippen molar-refractivity contribution in [2.24, 2.45) is 0 Å². The molecule has 110 valence electrons. The first-order chi connectivity index (χ1) is 9.94. The fourth-order valence-electron chi connectivity index (χ4n) is 1.85. The second-order valence-corrected chi connectivity index (χ2v) is 5.01. The molecule has 1 N–H and O–H groups in total. The second kappa shape index (κ2) is 5.87. The number of aromatic nitrogens is 2. The van der Waals surface area contributed by atoms with Crippen molar-refractivity contribution in [1.29, 1.82) is 0 Å². The predicted octanol–water partition coefficient (Wildman–Crippen LogP) is 2.75. The molecule has 2 aromatic heterocycles. The van der Waals surface area contributed by atoms with Crippen LogP contribution in [0.5, 0.6) is 0 Å². The topological polar surface area (TPSA) is 64.1 Å². The third kappa shape index (κ3) is 3.34. The maximum absolute atomic E-state index is 14.0. The van der Waals surface area contributed by atoms with Gasteiger partial charge in [-0.05, 0) is 32.0 Å². The SMILES string of the molecule is COC(=O)c1cnc(NC(C)(C)c2ccccn2)c(F)c1. The van der Waals surface area contributed by atoms with Gasteiger partial charge < -0.3 is 10.1 Å². The van der Waals surface area contributed by atoms with E-state index in [4.69, 9.17) is 0 Å². The quantitative estimate of drug-likeness (QED) is 0.877. The van der Waals surface area contributed by atoms with Crippen molar-refractivity contribution in [1.82, 2.24) is 9.97 Å². The van der Waals surface area contributed by atoms with Crippen molar-refractivity contribution in [3.05, 3.63) is 53.7 Å². The zero-order chi connectivity index (χ0) is 15.5. The summed E-state index contributed by atoms with van der Waals surface area (Å²) in [6.07, 6.45) is 2.94. The molecule has 0 unspecified atom stereocenters. The summed E-state index contributed by atoms with van der Waals surface area (Å²) in [7, 11) is 1.23. The van der Waals surface area contributed by atoms with Crippen LogP contribution >= 0.6 is 0 Å². The van der Waals surface area contributed by atoms with E-state index in [-0.39, 0.29) is 11.4 Å². The molecule has 0 atom stereocenters. The summed E-state index contributed by atoms with van der Waals surface area (Å²) in [5.74, 6) is -1.20. The summed E-state index contributed by atoms with van der Waals surface area (Å²) in [4.78, 5) is 19.5. The van der Waals surface area contributed by atoms with Crippen LogP contribution in [0.3, 0.4) is 0 Å². The lowest BCUT2D eigenvalue weighted by molar-refractivity contribution is 0.0599. The largest absolute Gasteiger partial charge is 0.465 e. The minimum absolute atomic E-state index is 0.0540. The fourth-order valence-corrected chi connectivity index (χ4v) is 1.85. The zero-order valence-electron chi connectivity index (χ0n) is 12.1. The van der Waals surface area contributed by atoms with Gasteiger partial charge >= 0.3 is 5.97 Å². The first kappa shape index (κ1) is 14.9. The van der Waals surface area contributed by atoms with Crippen LogP contribution in [0.15, 0.2) is 36.7 Å². The van der Waals surface area contributed by atoms with Crippen molar-refractivity contribution >= 4 is 11.8 Å². The number of esters is 1. The lowest BCUT2D eigenvalue weighted by Gasteiger charge is -2.26. The highest BCUT2D eigenvalue weighted by molar-refractivity contribution is 5.89. The molecule has 0 amide bonds. The third-order valence-corrected chi connectivity index (χ3v) is 3.00. The molecule has 0 fully saturated rings. The van der Waals surface area contributed by atoms with Crippen LogP contribution in [0.25, 0.3) is 0 Å². The number of rotatable bonds is 4. The van der Waals surface area contributed by atoms with E-state index in [0.717, 1.165) is 11.8 Å². The Morgan fingerprint density at radius 2 is 2.10 bits per heavy atom. The third-order valence-electron chi connectivity index (χ3n) is 3.00. The summed E-state index contributed by atoms with van der Waals surface area (Å²) < 4.78 is 18.6. The number of hydrogen-bond donors (Lipinski definition) is 1. The van der Waals surface area contributed by atoms with Gasteiger partial charge in [0.15, 0.2) is 11.6 Å². The predicted molar refractivity (Wildman–Crippen MR) is 76.4 cm³/mol. The molecule has 21 heavy (non-hydrogen) atoms. The van der Waals surface area contributed by atoms with Crippen LogP contribution in [0.4, 0.5) is 10.2 Å². The number of hydrogen-bond acceptors (Lipinski definition) is 5. The van der Waals surface area contributed by atoms with Gasteiger partial charge in [-0.1, -0.05) is 6.07 Å². The number of anilines is 1. The first-order valence-corrected chi connectivity index (χ1v) is 6.37. The Morgan fingerprint density at radius 3 is 2.67 bits per heavy atom. The fraction of sp³-hybridized carbons (Fsp3) is 0.267. The normalized spacial score (nSPS) is 11.0.